The standard InChI is InChI=1S/C9H8BrClN2O3/c10-5-4-12-7(3-6(5)11)13-8(14)1-2-9(15)16/h3-4H,1-2H2,(H,15,16)(H,12,13,14). The zero-order valence-corrected chi connectivity index (χ0v) is 10.4. The number of hydrogen-bond donors (Lipinski definition) is 2. The fourth-order valence-electron chi connectivity index (χ4n) is 0.908. The molecule has 1 rings (SSSR count). The number of anilines is 1. The predicted octanol–water partition coefficient (Wildman–Crippen LogP) is 2.30. The molecule has 16 heavy (non-hydrogen) atoms. The Morgan fingerprint density at radius 2 is 2.19 bits per heavy atom. The van der Waals surface area contributed by atoms with E-state index >= 15 is 0 Å². The summed E-state index contributed by atoms with van der Waals surface area (Å²) in [6.07, 6.45) is 1.15. The predicted molar refractivity (Wildman–Crippen MR) is 62.4 cm³/mol. The number of nitrogens with zero attached hydrogens (tertiary/aromatic N) is 1. The minimum Gasteiger partial charge on any atom is -0.481 e. The molecule has 86 valence electrons. The Hall–Kier alpha value is -1.14. The molecule has 0 unspecified atom stereocenters. The van der Waals surface area contributed by atoms with Gasteiger partial charge in [-0.15, -0.1) is 0 Å². The molecule has 0 radical (unpaired) electrons. The van der Waals surface area contributed by atoms with E-state index in [1.807, 2.05) is 0 Å². The molecule has 0 fully saturated rings. The molecule has 1 aromatic heterocycles. The zero-order chi connectivity index (χ0) is 12.1. The van der Waals surface area contributed by atoms with Crippen LogP contribution in [0, 0.1) is 0 Å². The fraction of sp³-hybridized carbons (Fsp3) is 0.222. The first-order valence-corrected chi connectivity index (χ1v) is 5.49. The number of carbonyl (C=O) groups is 2. The van der Waals surface area contributed by atoms with Crippen molar-refractivity contribution in [2.45, 2.75) is 12.8 Å². The molecular formula is C9H8BrClN2O3. The smallest absolute Gasteiger partial charge is 0.303 e. The van der Waals surface area contributed by atoms with Crippen LogP contribution in [0.1, 0.15) is 12.8 Å². The molecule has 0 aliphatic heterocycles. The van der Waals surface area contributed by atoms with E-state index in [1.54, 1.807) is 0 Å². The third-order valence-corrected chi connectivity index (χ3v) is 2.81. The summed E-state index contributed by atoms with van der Waals surface area (Å²) in [7, 11) is 0. The van der Waals surface area contributed by atoms with E-state index < -0.39 is 11.9 Å². The quantitative estimate of drug-likeness (QED) is 0.894. The van der Waals surface area contributed by atoms with E-state index in [0.29, 0.717) is 15.3 Å². The van der Waals surface area contributed by atoms with Crippen LogP contribution in [-0.2, 0) is 9.59 Å². The molecule has 0 aliphatic rings. The maximum absolute atomic E-state index is 11.2. The van der Waals surface area contributed by atoms with Gasteiger partial charge in [-0.25, -0.2) is 4.98 Å². The maximum Gasteiger partial charge on any atom is 0.303 e. The molecule has 0 saturated carbocycles. The van der Waals surface area contributed by atoms with Crippen LogP contribution in [0.25, 0.3) is 0 Å². The van der Waals surface area contributed by atoms with Gasteiger partial charge < -0.3 is 10.4 Å². The molecule has 0 aliphatic carbocycles. The topological polar surface area (TPSA) is 79.3 Å². The number of amides is 1. The Labute approximate surface area is 105 Å². The van der Waals surface area contributed by atoms with Crippen LogP contribution in [0.15, 0.2) is 16.7 Å². The van der Waals surface area contributed by atoms with Crippen LogP contribution in [0.3, 0.4) is 0 Å². The van der Waals surface area contributed by atoms with Gasteiger partial charge in [-0.3, -0.25) is 9.59 Å². The number of carboxylic acids is 1. The van der Waals surface area contributed by atoms with Crippen molar-refractivity contribution in [1.29, 1.82) is 0 Å². The van der Waals surface area contributed by atoms with Gasteiger partial charge in [-0.1, -0.05) is 11.6 Å². The van der Waals surface area contributed by atoms with Gasteiger partial charge in [-0.05, 0) is 15.9 Å². The highest BCUT2D eigenvalue weighted by molar-refractivity contribution is 9.10. The first kappa shape index (κ1) is 12.9. The van der Waals surface area contributed by atoms with Crippen LogP contribution >= 0.6 is 27.5 Å². The van der Waals surface area contributed by atoms with Crippen LogP contribution < -0.4 is 5.32 Å². The monoisotopic (exact) mass is 306 g/mol. The van der Waals surface area contributed by atoms with Gasteiger partial charge in [0.1, 0.15) is 5.82 Å². The summed E-state index contributed by atoms with van der Waals surface area (Å²) in [5, 5.41) is 11.3. The summed E-state index contributed by atoms with van der Waals surface area (Å²) >= 11 is 8.95. The van der Waals surface area contributed by atoms with Crippen molar-refractivity contribution < 1.29 is 14.7 Å². The van der Waals surface area contributed by atoms with Gasteiger partial charge in [0, 0.05) is 18.7 Å². The molecule has 1 aromatic rings. The largest absolute Gasteiger partial charge is 0.481 e. The molecular weight excluding hydrogens is 299 g/mol. The van der Waals surface area contributed by atoms with Crippen molar-refractivity contribution in [2.75, 3.05) is 5.32 Å². The Morgan fingerprint density at radius 3 is 2.75 bits per heavy atom. The van der Waals surface area contributed by atoms with Crippen LogP contribution in [-0.4, -0.2) is 22.0 Å². The van der Waals surface area contributed by atoms with E-state index in [1.165, 1.54) is 12.3 Å². The number of hydrogen-bond acceptors (Lipinski definition) is 3. The molecule has 5 nitrogen and oxygen atoms in total. The lowest BCUT2D eigenvalue weighted by Gasteiger charge is -2.04. The average Bonchev–Trinajstić information content (AvgIpc) is 2.21. The second-order valence-electron chi connectivity index (χ2n) is 2.93. The van der Waals surface area contributed by atoms with Crippen LogP contribution in [0.4, 0.5) is 5.82 Å². The molecule has 1 amide bonds. The van der Waals surface area contributed by atoms with Gasteiger partial charge in [0.25, 0.3) is 0 Å². The fourth-order valence-corrected chi connectivity index (χ4v) is 1.28. The lowest BCUT2D eigenvalue weighted by atomic mass is 10.3. The van der Waals surface area contributed by atoms with E-state index in [0.717, 1.165) is 0 Å². The zero-order valence-electron chi connectivity index (χ0n) is 8.04. The summed E-state index contributed by atoms with van der Waals surface area (Å²) < 4.78 is 0.623. The number of nitrogens with one attached hydrogen (secondary N) is 1. The van der Waals surface area contributed by atoms with E-state index in [4.69, 9.17) is 16.7 Å². The number of carboxylic acid groups (broad SMARTS) is 1. The molecule has 0 atom stereocenters. The summed E-state index contributed by atoms with van der Waals surface area (Å²) in [6.45, 7) is 0. The van der Waals surface area contributed by atoms with Gasteiger partial charge in [0.15, 0.2) is 0 Å². The first-order chi connectivity index (χ1) is 7.49. The Morgan fingerprint density at radius 1 is 1.50 bits per heavy atom. The Bertz CT molecular complexity index is 425. The van der Waals surface area contributed by atoms with E-state index in [9.17, 15) is 9.59 Å². The number of rotatable bonds is 4. The summed E-state index contributed by atoms with van der Waals surface area (Å²) in [6, 6.07) is 1.48. The third-order valence-electron chi connectivity index (χ3n) is 1.64. The number of halogens is 2. The van der Waals surface area contributed by atoms with Gasteiger partial charge in [0.2, 0.25) is 5.91 Å². The molecule has 2 N–H and O–H groups in total. The second kappa shape index (κ2) is 5.81. The molecule has 0 aromatic carbocycles. The first-order valence-electron chi connectivity index (χ1n) is 4.31. The van der Waals surface area contributed by atoms with Crippen molar-refractivity contribution in [1.82, 2.24) is 4.98 Å². The molecule has 0 bridgehead atoms. The molecule has 7 heteroatoms. The van der Waals surface area contributed by atoms with Gasteiger partial charge in [0.05, 0.1) is 15.9 Å². The van der Waals surface area contributed by atoms with Crippen molar-refractivity contribution >= 4 is 45.2 Å². The maximum atomic E-state index is 11.2. The summed E-state index contributed by atoms with van der Waals surface area (Å²) in [5.74, 6) is -1.13. The molecule has 0 spiro atoms. The van der Waals surface area contributed by atoms with E-state index in [2.05, 4.69) is 26.2 Å². The number of carbonyl (C=O) groups excluding carboxylic acids is 1. The Balaban J connectivity index is 2.56. The highest BCUT2D eigenvalue weighted by atomic mass is 79.9. The molecule has 1 heterocycles. The third kappa shape index (κ3) is 4.16. The minimum absolute atomic E-state index is 0.0926. The lowest BCUT2D eigenvalue weighted by molar-refractivity contribution is -0.138. The van der Waals surface area contributed by atoms with Crippen molar-refractivity contribution in [2.24, 2.45) is 0 Å². The van der Waals surface area contributed by atoms with Gasteiger partial charge in [-0.2, -0.15) is 0 Å². The number of aromatic nitrogens is 1. The average molecular weight is 308 g/mol. The highest BCUT2D eigenvalue weighted by Gasteiger charge is 2.07. The summed E-state index contributed by atoms with van der Waals surface area (Å²) in [5.41, 5.74) is 0. The normalized spacial score (nSPS) is 9.88. The minimum atomic E-state index is -1.02. The number of pyridine rings is 1. The summed E-state index contributed by atoms with van der Waals surface area (Å²) in [4.78, 5) is 25.4. The van der Waals surface area contributed by atoms with Crippen LogP contribution in [0.5, 0.6) is 0 Å². The lowest BCUT2D eigenvalue weighted by Crippen LogP contribution is -2.14. The van der Waals surface area contributed by atoms with Crippen molar-refractivity contribution in [3.63, 3.8) is 0 Å². The van der Waals surface area contributed by atoms with Gasteiger partial charge >= 0.3 is 5.97 Å². The van der Waals surface area contributed by atoms with E-state index in [-0.39, 0.29) is 12.8 Å². The molecule has 0 saturated heterocycles. The van der Waals surface area contributed by atoms with Crippen LogP contribution in [0.2, 0.25) is 5.02 Å². The number of aliphatic carboxylic acids is 1. The SMILES string of the molecule is O=C(O)CCC(=O)Nc1cc(Cl)c(Br)cn1. The second-order valence-corrected chi connectivity index (χ2v) is 4.19. The Kier molecular flexibility index (Phi) is 4.70. The van der Waals surface area contributed by atoms with Crippen molar-refractivity contribution in [3.05, 3.63) is 21.8 Å². The highest BCUT2D eigenvalue weighted by Crippen LogP contribution is 2.23. The van der Waals surface area contributed by atoms with Crippen molar-refractivity contribution in [3.8, 4) is 0 Å².